The number of carbonyl (C=O) groups is 2. The normalized spacial score (nSPS) is 12.5. The zero-order valence-electron chi connectivity index (χ0n) is 20.8. The Morgan fingerprint density at radius 1 is 0.974 bits per heavy atom. The van der Waals surface area contributed by atoms with Crippen LogP contribution in [0.4, 0.5) is 0 Å². The maximum atomic E-state index is 13.1. The topological polar surface area (TPSA) is 98.2 Å². The molecular formula is C27H26BrCl2N3O5. The number of carbonyl (C=O) groups excluding carboxylic acids is 2. The van der Waals surface area contributed by atoms with Gasteiger partial charge in [-0.05, 0) is 58.7 Å². The molecule has 200 valence electrons. The van der Waals surface area contributed by atoms with Crippen LogP contribution in [0.3, 0.4) is 0 Å². The third-order valence-corrected chi connectivity index (χ3v) is 6.58. The van der Waals surface area contributed by atoms with Crippen molar-refractivity contribution in [3.63, 3.8) is 0 Å². The Balaban J connectivity index is 1.73. The summed E-state index contributed by atoms with van der Waals surface area (Å²) >= 11 is 15.5. The highest BCUT2D eigenvalue weighted by molar-refractivity contribution is 9.10. The summed E-state index contributed by atoms with van der Waals surface area (Å²) in [5.41, 5.74) is 4.00. The first kappa shape index (κ1) is 29.3. The summed E-state index contributed by atoms with van der Waals surface area (Å²) < 4.78 is 17.0. The molecule has 3 aromatic carbocycles. The van der Waals surface area contributed by atoms with Crippen molar-refractivity contribution in [1.82, 2.24) is 10.7 Å². The summed E-state index contributed by atoms with van der Waals surface area (Å²) in [6.07, 6.45) is 0.758. The molecule has 2 N–H and O–H groups in total. The Kier molecular flexibility index (Phi) is 10.8. The number of hydrogen-bond donors (Lipinski definition) is 2. The smallest absolute Gasteiger partial charge is 0.262 e. The molecule has 11 heteroatoms. The lowest BCUT2D eigenvalue weighted by Crippen LogP contribution is -2.50. The van der Waals surface area contributed by atoms with Crippen LogP contribution >= 0.6 is 39.1 Å². The van der Waals surface area contributed by atoms with Gasteiger partial charge in [-0.15, -0.1) is 0 Å². The zero-order valence-corrected chi connectivity index (χ0v) is 23.9. The van der Waals surface area contributed by atoms with Crippen LogP contribution in [-0.2, 0) is 16.0 Å². The molecule has 38 heavy (non-hydrogen) atoms. The predicted molar refractivity (Wildman–Crippen MR) is 152 cm³/mol. The third kappa shape index (κ3) is 8.11. The summed E-state index contributed by atoms with van der Waals surface area (Å²) in [6, 6.07) is 16.5. The van der Waals surface area contributed by atoms with Crippen molar-refractivity contribution in [1.29, 1.82) is 0 Å². The first-order valence-electron chi connectivity index (χ1n) is 11.4. The third-order valence-electron chi connectivity index (χ3n) is 5.36. The van der Waals surface area contributed by atoms with Gasteiger partial charge in [0, 0.05) is 21.5 Å². The van der Waals surface area contributed by atoms with Crippen LogP contribution in [0.5, 0.6) is 17.2 Å². The van der Waals surface area contributed by atoms with Gasteiger partial charge < -0.3 is 19.5 Å². The summed E-state index contributed by atoms with van der Waals surface area (Å²) in [5, 5.41) is 7.53. The minimum atomic E-state index is -0.939. The highest BCUT2D eigenvalue weighted by atomic mass is 79.9. The van der Waals surface area contributed by atoms with Gasteiger partial charge in [-0.25, -0.2) is 5.43 Å². The molecule has 0 aliphatic carbocycles. The van der Waals surface area contributed by atoms with Gasteiger partial charge in [0.15, 0.2) is 17.6 Å². The maximum absolute atomic E-state index is 13.1. The molecule has 0 aromatic heterocycles. The van der Waals surface area contributed by atoms with Gasteiger partial charge in [0.25, 0.3) is 11.8 Å². The van der Waals surface area contributed by atoms with Gasteiger partial charge in [-0.2, -0.15) is 5.10 Å². The Morgan fingerprint density at radius 3 is 2.32 bits per heavy atom. The molecule has 2 atom stereocenters. The van der Waals surface area contributed by atoms with E-state index >= 15 is 0 Å². The van der Waals surface area contributed by atoms with Gasteiger partial charge in [0.2, 0.25) is 0 Å². The summed E-state index contributed by atoms with van der Waals surface area (Å²) in [6.45, 7) is 1.56. The van der Waals surface area contributed by atoms with Gasteiger partial charge in [0.05, 0.1) is 25.5 Å². The Morgan fingerprint density at radius 2 is 1.66 bits per heavy atom. The van der Waals surface area contributed by atoms with Crippen molar-refractivity contribution in [2.45, 2.75) is 25.5 Å². The molecule has 0 heterocycles. The van der Waals surface area contributed by atoms with Gasteiger partial charge in [-0.1, -0.05) is 53.5 Å². The van der Waals surface area contributed by atoms with E-state index in [1.807, 2.05) is 30.3 Å². The standard InChI is InChI=1S/C27H26BrCl2N3O5/c1-16(38-23-10-9-19(29)13-21(23)30)26(34)32-22(11-17-7-5-4-6-8-17)27(35)33-31-15-18-12-24(36-2)25(37-3)14-20(18)28/h4-10,12-16,22H,11H2,1-3H3,(H,32,34)(H,33,35)/b31-15-/t16-,22+/m0/s1. The van der Waals surface area contributed by atoms with E-state index in [9.17, 15) is 9.59 Å². The quantitative estimate of drug-likeness (QED) is 0.220. The molecule has 3 aromatic rings. The second-order valence-corrected chi connectivity index (χ2v) is 9.75. The van der Waals surface area contributed by atoms with Crippen molar-refractivity contribution in [2.24, 2.45) is 5.10 Å². The van der Waals surface area contributed by atoms with Crippen LogP contribution in [0, 0.1) is 0 Å². The molecule has 0 aliphatic rings. The Bertz CT molecular complexity index is 1310. The van der Waals surface area contributed by atoms with Gasteiger partial charge in [-0.3, -0.25) is 9.59 Å². The van der Waals surface area contributed by atoms with Crippen molar-refractivity contribution in [3.8, 4) is 17.2 Å². The number of rotatable bonds is 11. The zero-order chi connectivity index (χ0) is 27.7. The lowest BCUT2D eigenvalue weighted by Gasteiger charge is -2.21. The number of nitrogens with one attached hydrogen (secondary N) is 2. The Hall–Kier alpha value is -3.27. The highest BCUT2D eigenvalue weighted by Crippen LogP contribution is 2.32. The number of ether oxygens (including phenoxy) is 3. The fourth-order valence-electron chi connectivity index (χ4n) is 3.38. The molecule has 0 unspecified atom stereocenters. The molecule has 0 saturated heterocycles. The van der Waals surface area contributed by atoms with E-state index in [0.29, 0.717) is 32.3 Å². The second kappa shape index (κ2) is 14.0. The van der Waals surface area contributed by atoms with E-state index in [1.165, 1.54) is 26.5 Å². The van der Waals surface area contributed by atoms with Crippen molar-refractivity contribution in [2.75, 3.05) is 14.2 Å². The molecule has 0 saturated carbocycles. The van der Waals surface area contributed by atoms with E-state index in [2.05, 4.69) is 31.8 Å². The number of amides is 2. The fraction of sp³-hybridized carbons (Fsp3) is 0.222. The molecule has 0 radical (unpaired) electrons. The van der Waals surface area contributed by atoms with Crippen LogP contribution in [-0.4, -0.2) is 44.4 Å². The molecule has 0 aliphatic heterocycles. The molecule has 0 fully saturated rings. The summed E-state index contributed by atoms with van der Waals surface area (Å²) in [4.78, 5) is 26.0. The van der Waals surface area contributed by atoms with Crippen LogP contribution in [0.15, 0.2) is 70.2 Å². The fourth-order valence-corrected chi connectivity index (χ4v) is 4.25. The SMILES string of the molecule is COc1cc(Br)c(/C=N\NC(=O)[C@@H](Cc2ccccc2)NC(=O)[C@H](C)Oc2ccc(Cl)cc2Cl)cc1OC. The molecular weight excluding hydrogens is 597 g/mol. The van der Waals surface area contributed by atoms with Crippen molar-refractivity contribution in [3.05, 3.63) is 86.3 Å². The molecule has 0 bridgehead atoms. The number of halogens is 3. The van der Waals surface area contributed by atoms with E-state index < -0.39 is 24.0 Å². The summed E-state index contributed by atoms with van der Waals surface area (Å²) in [7, 11) is 3.06. The lowest BCUT2D eigenvalue weighted by atomic mass is 10.1. The molecule has 2 amide bonds. The minimum Gasteiger partial charge on any atom is -0.493 e. The predicted octanol–water partition coefficient (Wildman–Crippen LogP) is 5.42. The van der Waals surface area contributed by atoms with Crippen molar-refractivity contribution >= 4 is 57.2 Å². The van der Waals surface area contributed by atoms with Crippen LogP contribution < -0.4 is 25.0 Å². The van der Waals surface area contributed by atoms with E-state index in [-0.39, 0.29) is 11.4 Å². The maximum Gasteiger partial charge on any atom is 0.262 e. The average Bonchev–Trinajstić information content (AvgIpc) is 2.90. The average molecular weight is 623 g/mol. The van der Waals surface area contributed by atoms with Gasteiger partial charge in [0.1, 0.15) is 11.8 Å². The number of nitrogens with zero attached hydrogens (tertiary/aromatic N) is 1. The second-order valence-electron chi connectivity index (χ2n) is 8.05. The number of hydrogen-bond acceptors (Lipinski definition) is 6. The summed E-state index contributed by atoms with van der Waals surface area (Å²) in [5.74, 6) is 0.341. The van der Waals surface area contributed by atoms with E-state index in [1.54, 1.807) is 31.2 Å². The number of benzene rings is 3. The van der Waals surface area contributed by atoms with Crippen LogP contribution in [0.25, 0.3) is 0 Å². The first-order valence-corrected chi connectivity index (χ1v) is 13.0. The highest BCUT2D eigenvalue weighted by Gasteiger charge is 2.25. The van der Waals surface area contributed by atoms with E-state index in [4.69, 9.17) is 37.4 Å². The molecule has 3 rings (SSSR count). The minimum absolute atomic E-state index is 0.238. The first-order chi connectivity index (χ1) is 18.2. The molecule has 0 spiro atoms. The van der Waals surface area contributed by atoms with Crippen LogP contribution in [0.1, 0.15) is 18.1 Å². The van der Waals surface area contributed by atoms with E-state index in [0.717, 1.165) is 5.56 Å². The molecule has 8 nitrogen and oxygen atoms in total. The number of methoxy groups -OCH3 is 2. The monoisotopic (exact) mass is 621 g/mol. The Labute approximate surface area is 239 Å². The lowest BCUT2D eigenvalue weighted by molar-refractivity contribution is -0.132. The van der Waals surface area contributed by atoms with Crippen LogP contribution in [0.2, 0.25) is 10.0 Å². The largest absolute Gasteiger partial charge is 0.493 e. The van der Waals surface area contributed by atoms with Crippen molar-refractivity contribution < 1.29 is 23.8 Å². The number of hydrazone groups is 1. The van der Waals surface area contributed by atoms with Gasteiger partial charge >= 0.3 is 0 Å².